The monoisotopic (exact) mass is 374 g/mol. The average molecular weight is 374 g/mol. The molecule has 4 rings (SSSR count). The molecule has 0 aromatic heterocycles. The maximum absolute atomic E-state index is 10.3. The van der Waals surface area contributed by atoms with Gasteiger partial charge in [-0.25, -0.2) is 0 Å². The minimum Gasteiger partial charge on any atom is -0.872 e. The van der Waals surface area contributed by atoms with Gasteiger partial charge in [-0.05, 0) is 24.3 Å². The van der Waals surface area contributed by atoms with E-state index in [4.69, 9.17) is 10.2 Å². The molecular formula is C24H22O4-2. The summed E-state index contributed by atoms with van der Waals surface area (Å²) in [4.78, 5) is 0. The van der Waals surface area contributed by atoms with Crippen LogP contribution >= 0.6 is 0 Å². The molecule has 0 bridgehead atoms. The van der Waals surface area contributed by atoms with E-state index >= 15 is 0 Å². The zero-order chi connectivity index (χ0) is 20.5. The summed E-state index contributed by atoms with van der Waals surface area (Å²) in [6.45, 7) is 0. The molecule has 4 aromatic carbocycles. The summed E-state index contributed by atoms with van der Waals surface area (Å²) in [5.74, 6) is 0.787. The molecule has 4 aromatic rings. The van der Waals surface area contributed by atoms with Gasteiger partial charge in [0.15, 0.2) is 0 Å². The van der Waals surface area contributed by atoms with Crippen molar-refractivity contribution in [2.24, 2.45) is 0 Å². The van der Waals surface area contributed by atoms with Crippen LogP contribution in [0.1, 0.15) is 0 Å². The summed E-state index contributed by atoms with van der Waals surface area (Å²) in [6, 6.07) is 34.1. The molecule has 4 nitrogen and oxygen atoms in total. The number of hydrogen-bond donors (Lipinski definition) is 2. The normalized spacial score (nSPS) is 8.57. The molecule has 0 spiro atoms. The summed E-state index contributed by atoms with van der Waals surface area (Å²) in [5.41, 5.74) is 0. The largest absolute Gasteiger partial charge is 0.872 e. The summed E-state index contributed by atoms with van der Waals surface area (Å²) in [5, 5.41) is 37.8. The van der Waals surface area contributed by atoms with Crippen LogP contribution in [0.5, 0.6) is 23.0 Å². The molecule has 0 aliphatic rings. The number of phenols is 2. The fourth-order valence-electron chi connectivity index (χ4n) is 1.70. The maximum atomic E-state index is 10.3. The van der Waals surface area contributed by atoms with E-state index in [1.807, 2.05) is 24.3 Å². The Bertz CT molecular complexity index is 686. The lowest BCUT2D eigenvalue weighted by atomic mass is 10.3. The highest BCUT2D eigenvalue weighted by Crippen LogP contribution is 2.03. The van der Waals surface area contributed by atoms with Gasteiger partial charge in [0.2, 0.25) is 0 Å². The van der Waals surface area contributed by atoms with E-state index in [2.05, 4.69) is 0 Å². The Morgan fingerprint density at radius 1 is 0.357 bits per heavy atom. The van der Waals surface area contributed by atoms with Crippen molar-refractivity contribution in [3.8, 4) is 23.0 Å². The Morgan fingerprint density at radius 3 is 0.679 bits per heavy atom. The lowest BCUT2D eigenvalue weighted by Gasteiger charge is -1.98. The zero-order valence-electron chi connectivity index (χ0n) is 15.3. The first-order valence-electron chi connectivity index (χ1n) is 8.50. The topological polar surface area (TPSA) is 86.6 Å². The molecule has 4 heteroatoms. The minimum absolute atomic E-state index is 0.0718. The van der Waals surface area contributed by atoms with E-state index in [1.54, 1.807) is 72.8 Å². The van der Waals surface area contributed by atoms with Crippen molar-refractivity contribution in [3.05, 3.63) is 121 Å². The van der Waals surface area contributed by atoms with Crippen molar-refractivity contribution in [3.63, 3.8) is 0 Å². The fraction of sp³-hybridized carbons (Fsp3) is 0. The van der Waals surface area contributed by atoms with Gasteiger partial charge in [0.25, 0.3) is 0 Å². The van der Waals surface area contributed by atoms with E-state index in [0.29, 0.717) is 11.5 Å². The molecule has 0 saturated heterocycles. The first kappa shape index (κ1) is 22.1. The van der Waals surface area contributed by atoms with Gasteiger partial charge in [0.1, 0.15) is 11.5 Å². The molecule has 0 aliphatic carbocycles. The highest BCUT2D eigenvalue weighted by atomic mass is 16.3. The number of phenolic OH excluding ortho intramolecular Hbond substituents is 2. The third-order valence-electron chi connectivity index (χ3n) is 3.00. The maximum Gasteiger partial charge on any atom is 0.115 e. The van der Waals surface area contributed by atoms with Crippen molar-refractivity contribution < 1.29 is 20.4 Å². The van der Waals surface area contributed by atoms with Crippen LogP contribution in [0.25, 0.3) is 0 Å². The van der Waals surface area contributed by atoms with Crippen LogP contribution < -0.4 is 10.2 Å². The Kier molecular flexibility index (Phi) is 11.3. The number of hydrogen-bond acceptors (Lipinski definition) is 4. The second kappa shape index (κ2) is 14.3. The quantitative estimate of drug-likeness (QED) is 0.480. The molecule has 0 atom stereocenters. The molecule has 0 amide bonds. The van der Waals surface area contributed by atoms with Crippen LogP contribution in [-0.4, -0.2) is 10.2 Å². The third kappa shape index (κ3) is 12.4. The van der Waals surface area contributed by atoms with E-state index in [-0.39, 0.29) is 11.5 Å². The fourth-order valence-corrected chi connectivity index (χ4v) is 1.70. The smallest absolute Gasteiger partial charge is 0.115 e. The van der Waals surface area contributed by atoms with Gasteiger partial charge in [-0.2, -0.15) is 0 Å². The molecule has 0 heterocycles. The Labute approximate surface area is 165 Å². The van der Waals surface area contributed by atoms with Crippen molar-refractivity contribution in [1.29, 1.82) is 0 Å². The molecule has 0 saturated carbocycles. The van der Waals surface area contributed by atoms with E-state index in [1.165, 1.54) is 24.3 Å². The first-order valence-corrected chi connectivity index (χ1v) is 8.50. The molecule has 0 aliphatic heterocycles. The summed E-state index contributed by atoms with van der Waals surface area (Å²) >= 11 is 0. The van der Waals surface area contributed by atoms with Crippen LogP contribution in [0.3, 0.4) is 0 Å². The molecule has 0 unspecified atom stereocenters. The van der Waals surface area contributed by atoms with Crippen LogP contribution in [0, 0.1) is 0 Å². The summed E-state index contributed by atoms with van der Waals surface area (Å²) < 4.78 is 0. The Balaban J connectivity index is 0.000000187. The highest BCUT2D eigenvalue weighted by Gasteiger charge is 1.75. The minimum atomic E-state index is 0.0718. The molecule has 2 N–H and O–H groups in total. The van der Waals surface area contributed by atoms with Gasteiger partial charge < -0.3 is 20.4 Å². The van der Waals surface area contributed by atoms with Crippen LogP contribution in [0.15, 0.2) is 121 Å². The summed E-state index contributed by atoms with van der Waals surface area (Å²) in [7, 11) is 0. The van der Waals surface area contributed by atoms with Crippen molar-refractivity contribution in [2.75, 3.05) is 0 Å². The predicted molar refractivity (Wildman–Crippen MR) is 108 cm³/mol. The predicted octanol–water partition coefficient (Wildman–Crippen LogP) is 4.30. The molecule has 28 heavy (non-hydrogen) atoms. The molecule has 0 radical (unpaired) electrons. The molecule has 144 valence electrons. The SMILES string of the molecule is Oc1ccccc1.Oc1ccccc1.[O-]c1ccccc1.[O-]c1ccccc1. The average Bonchev–Trinajstić information content (AvgIpc) is 2.72. The number of para-hydroxylation sites is 4. The van der Waals surface area contributed by atoms with E-state index in [0.717, 1.165) is 0 Å². The Morgan fingerprint density at radius 2 is 0.571 bits per heavy atom. The summed E-state index contributed by atoms with van der Waals surface area (Å²) in [6.07, 6.45) is 0. The second-order valence-corrected chi connectivity index (χ2v) is 5.30. The number of rotatable bonds is 0. The second-order valence-electron chi connectivity index (χ2n) is 5.30. The van der Waals surface area contributed by atoms with Crippen LogP contribution in [-0.2, 0) is 0 Å². The van der Waals surface area contributed by atoms with Gasteiger partial charge in [0, 0.05) is 0 Å². The van der Waals surface area contributed by atoms with Crippen molar-refractivity contribution >= 4 is 0 Å². The van der Waals surface area contributed by atoms with E-state index in [9.17, 15) is 10.2 Å². The third-order valence-corrected chi connectivity index (χ3v) is 3.00. The first-order chi connectivity index (χ1) is 13.6. The van der Waals surface area contributed by atoms with Gasteiger partial charge >= 0.3 is 0 Å². The van der Waals surface area contributed by atoms with Gasteiger partial charge in [-0.3, -0.25) is 0 Å². The molecule has 0 fully saturated rings. The lowest BCUT2D eigenvalue weighted by molar-refractivity contribution is -0.269. The standard InChI is InChI=1S/4C6H6O/c4*7-6-4-2-1-3-5-6/h4*1-5,7H/p-2. The van der Waals surface area contributed by atoms with Gasteiger partial charge in [0.05, 0.1) is 0 Å². The Hall–Kier alpha value is -3.92. The van der Waals surface area contributed by atoms with Crippen LogP contribution in [0.2, 0.25) is 0 Å². The van der Waals surface area contributed by atoms with E-state index < -0.39 is 0 Å². The van der Waals surface area contributed by atoms with Gasteiger partial charge in [-0.15, -0.1) is 11.5 Å². The zero-order valence-corrected chi connectivity index (χ0v) is 15.3. The van der Waals surface area contributed by atoms with Gasteiger partial charge in [-0.1, -0.05) is 97.1 Å². The molecular weight excluding hydrogens is 352 g/mol. The number of aromatic hydroxyl groups is 2. The highest BCUT2D eigenvalue weighted by molar-refractivity contribution is 5.19. The number of benzene rings is 4. The van der Waals surface area contributed by atoms with Crippen LogP contribution in [0.4, 0.5) is 0 Å². The van der Waals surface area contributed by atoms with Crippen molar-refractivity contribution in [1.82, 2.24) is 0 Å². The lowest BCUT2D eigenvalue weighted by Crippen LogP contribution is -1.85. The van der Waals surface area contributed by atoms with Crippen molar-refractivity contribution in [2.45, 2.75) is 0 Å².